The van der Waals surface area contributed by atoms with Gasteiger partial charge in [0.15, 0.2) is 0 Å². The van der Waals surface area contributed by atoms with Gasteiger partial charge < -0.3 is 9.80 Å². The summed E-state index contributed by atoms with van der Waals surface area (Å²) in [6, 6.07) is 22.2. The Kier molecular flexibility index (Phi) is 9.71. The van der Waals surface area contributed by atoms with Crippen molar-refractivity contribution in [2.75, 3.05) is 7.05 Å². The van der Waals surface area contributed by atoms with Gasteiger partial charge in [0, 0.05) is 37.7 Å². The van der Waals surface area contributed by atoms with Gasteiger partial charge >= 0.3 is 12.4 Å². The summed E-state index contributed by atoms with van der Waals surface area (Å²) in [6.07, 6.45) is -10.3. The first-order chi connectivity index (χ1) is 20.6. The zero-order valence-corrected chi connectivity index (χ0v) is 24.4. The molecular formula is C34H32F6N2O2. The lowest BCUT2D eigenvalue weighted by Gasteiger charge is -2.33. The standard InChI is InChI=1S/C34H32F6N2O2/c1-22(2)42(21-23-9-5-4-6-10-23)31(43)20-30(16-24-13-14-25-11-7-8-12-26(25)15-24)41(3)32(44)27-17-28(33(35,36)37)19-29(18-27)34(38,39)40/h4-15,17-19,22,30H,16,20-21H2,1-3H3. The number of nitrogens with zero attached hydrogens (tertiary/aromatic N) is 2. The summed E-state index contributed by atoms with van der Waals surface area (Å²) in [4.78, 5) is 30.0. The van der Waals surface area contributed by atoms with Crippen LogP contribution < -0.4 is 0 Å². The smallest absolute Gasteiger partial charge is 0.338 e. The Morgan fingerprint density at radius 3 is 1.84 bits per heavy atom. The van der Waals surface area contributed by atoms with Crippen molar-refractivity contribution in [3.8, 4) is 0 Å². The van der Waals surface area contributed by atoms with Crippen LogP contribution in [-0.2, 0) is 30.1 Å². The highest BCUT2D eigenvalue weighted by atomic mass is 19.4. The molecular weight excluding hydrogens is 582 g/mol. The summed E-state index contributed by atoms with van der Waals surface area (Å²) in [5.74, 6) is -1.37. The van der Waals surface area contributed by atoms with Gasteiger partial charge in [0.25, 0.3) is 5.91 Å². The summed E-state index contributed by atoms with van der Waals surface area (Å²) >= 11 is 0. The average Bonchev–Trinajstić information content (AvgIpc) is 2.98. The van der Waals surface area contributed by atoms with E-state index in [1.165, 1.54) is 7.05 Å². The molecule has 0 N–H and O–H groups in total. The number of hydrogen-bond donors (Lipinski definition) is 0. The lowest BCUT2D eigenvalue weighted by Crippen LogP contribution is -2.44. The van der Waals surface area contributed by atoms with Crippen molar-refractivity contribution in [1.29, 1.82) is 0 Å². The molecule has 0 aliphatic carbocycles. The zero-order chi connectivity index (χ0) is 32.2. The molecule has 0 radical (unpaired) electrons. The fraction of sp³-hybridized carbons (Fsp3) is 0.294. The highest BCUT2D eigenvalue weighted by molar-refractivity contribution is 5.95. The van der Waals surface area contributed by atoms with Gasteiger partial charge in [-0.05, 0) is 60.4 Å². The van der Waals surface area contributed by atoms with Crippen LogP contribution in [-0.4, -0.2) is 40.7 Å². The van der Waals surface area contributed by atoms with E-state index in [4.69, 9.17) is 0 Å². The van der Waals surface area contributed by atoms with Crippen LogP contribution in [0.3, 0.4) is 0 Å². The Labute approximate surface area is 251 Å². The quantitative estimate of drug-likeness (QED) is 0.178. The number of halogens is 6. The van der Waals surface area contributed by atoms with Gasteiger partial charge in [0.05, 0.1) is 11.1 Å². The van der Waals surface area contributed by atoms with Gasteiger partial charge in [0.2, 0.25) is 5.91 Å². The van der Waals surface area contributed by atoms with Gasteiger partial charge in [-0.3, -0.25) is 9.59 Å². The number of hydrogen-bond acceptors (Lipinski definition) is 2. The lowest BCUT2D eigenvalue weighted by atomic mass is 9.97. The molecule has 0 saturated carbocycles. The van der Waals surface area contributed by atoms with E-state index in [1.807, 2.05) is 86.6 Å². The molecule has 0 fully saturated rings. The highest BCUT2D eigenvalue weighted by Crippen LogP contribution is 2.37. The van der Waals surface area contributed by atoms with Crippen LogP contribution in [0.4, 0.5) is 26.3 Å². The Morgan fingerprint density at radius 2 is 1.27 bits per heavy atom. The molecule has 4 aromatic carbocycles. The van der Waals surface area contributed by atoms with Crippen LogP contribution >= 0.6 is 0 Å². The van der Waals surface area contributed by atoms with Crippen molar-refractivity contribution < 1.29 is 35.9 Å². The molecule has 0 bridgehead atoms. The van der Waals surface area contributed by atoms with E-state index < -0.39 is 41.0 Å². The summed E-state index contributed by atoms with van der Waals surface area (Å²) < 4.78 is 81.3. The minimum Gasteiger partial charge on any atom is -0.338 e. The number of carbonyl (C=O) groups excluding carboxylic acids is 2. The molecule has 4 nitrogen and oxygen atoms in total. The third-order valence-electron chi connectivity index (χ3n) is 7.54. The minimum atomic E-state index is -5.11. The van der Waals surface area contributed by atoms with Gasteiger partial charge in [-0.25, -0.2) is 0 Å². The van der Waals surface area contributed by atoms with Gasteiger partial charge in [-0.15, -0.1) is 0 Å². The molecule has 4 rings (SSSR count). The first-order valence-corrected chi connectivity index (χ1v) is 14.0. The Bertz CT molecular complexity index is 1580. The average molecular weight is 615 g/mol. The SMILES string of the molecule is CC(C)N(Cc1ccccc1)C(=O)CC(Cc1ccc2ccccc2c1)N(C)C(=O)c1cc(C(F)(F)F)cc(C(F)(F)F)c1. The second kappa shape index (κ2) is 13.1. The predicted octanol–water partition coefficient (Wildman–Crippen LogP) is 8.39. The van der Waals surface area contributed by atoms with E-state index in [0.29, 0.717) is 18.7 Å². The van der Waals surface area contributed by atoms with Crippen LogP contribution in [0.1, 0.15) is 52.9 Å². The van der Waals surface area contributed by atoms with Gasteiger partial charge in [-0.2, -0.15) is 26.3 Å². The topological polar surface area (TPSA) is 40.6 Å². The Morgan fingerprint density at radius 1 is 0.705 bits per heavy atom. The molecule has 232 valence electrons. The van der Waals surface area contributed by atoms with Crippen molar-refractivity contribution >= 4 is 22.6 Å². The van der Waals surface area contributed by atoms with E-state index in [9.17, 15) is 35.9 Å². The Hall–Kier alpha value is -4.34. The molecule has 10 heteroatoms. The molecule has 2 amide bonds. The van der Waals surface area contributed by atoms with Crippen LogP contribution in [0, 0.1) is 0 Å². The van der Waals surface area contributed by atoms with E-state index in [-0.39, 0.29) is 30.9 Å². The maximum atomic E-state index is 13.7. The molecule has 0 aliphatic heterocycles. The lowest BCUT2D eigenvalue weighted by molar-refractivity contribution is -0.143. The molecule has 4 aromatic rings. The number of likely N-dealkylation sites (N-methyl/N-ethyl adjacent to an activating group) is 1. The number of amides is 2. The number of carbonyl (C=O) groups is 2. The Balaban J connectivity index is 1.71. The van der Waals surface area contributed by atoms with E-state index in [0.717, 1.165) is 26.8 Å². The van der Waals surface area contributed by atoms with E-state index in [2.05, 4.69) is 0 Å². The summed E-state index contributed by atoms with van der Waals surface area (Å²) in [7, 11) is 1.30. The third kappa shape index (κ3) is 7.98. The number of alkyl halides is 6. The van der Waals surface area contributed by atoms with Crippen LogP contribution in [0.15, 0.2) is 91.0 Å². The number of benzene rings is 4. The summed E-state index contributed by atoms with van der Waals surface area (Å²) in [5, 5.41) is 1.87. The van der Waals surface area contributed by atoms with E-state index in [1.54, 1.807) is 4.90 Å². The molecule has 1 unspecified atom stereocenters. The molecule has 0 aromatic heterocycles. The van der Waals surface area contributed by atoms with Gasteiger partial charge in [0.1, 0.15) is 0 Å². The second-order valence-corrected chi connectivity index (χ2v) is 11.1. The van der Waals surface area contributed by atoms with Crippen molar-refractivity contribution in [2.45, 2.75) is 57.7 Å². The molecule has 1 atom stereocenters. The summed E-state index contributed by atoms with van der Waals surface area (Å²) in [6.45, 7) is 3.98. The van der Waals surface area contributed by atoms with Crippen molar-refractivity contribution in [3.63, 3.8) is 0 Å². The van der Waals surface area contributed by atoms with Crippen molar-refractivity contribution in [3.05, 3.63) is 119 Å². The predicted molar refractivity (Wildman–Crippen MR) is 157 cm³/mol. The van der Waals surface area contributed by atoms with E-state index >= 15 is 0 Å². The van der Waals surface area contributed by atoms with Crippen molar-refractivity contribution in [1.82, 2.24) is 9.80 Å². The van der Waals surface area contributed by atoms with Gasteiger partial charge in [-0.1, -0.05) is 72.8 Å². The fourth-order valence-electron chi connectivity index (χ4n) is 5.09. The first kappa shape index (κ1) is 32.6. The monoisotopic (exact) mass is 614 g/mol. The van der Waals surface area contributed by atoms with Crippen LogP contribution in [0.5, 0.6) is 0 Å². The maximum Gasteiger partial charge on any atom is 0.416 e. The number of rotatable bonds is 9. The van der Waals surface area contributed by atoms with Crippen molar-refractivity contribution in [2.24, 2.45) is 0 Å². The zero-order valence-electron chi connectivity index (χ0n) is 24.4. The molecule has 0 saturated heterocycles. The molecule has 0 aliphatic rings. The second-order valence-electron chi connectivity index (χ2n) is 11.1. The highest BCUT2D eigenvalue weighted by Gasteiger charge is 2.38. The minimum absolute atomic E-state index is 0.0169. The molecule has 44 heavy (non-hydrogen) atoms. The summed E-state index contributed by atoms with van der Waals surface area (Å²) in [5.41, 5.74) is -2.30. The fourth-order valence-corrected chi connectivity index (χ4v) is 5.09. The third-order valence-corrected chi connectivity index (χ3v) is 7.54. The number of fused-ring (bicyclic) bond motifs is 1. The van der Waals surface area contributed by atoms with Crippen LogP contribution in [0.25, 0.3) is 10.8 Å². The van der Waals surface area contributed by atoms with Crippen LogP contribution in [0.2, 0.25) is 0 Å². The maximum absolute atomic E-state index is 13.7. The first-order valence-electron chi connectivity index (χ1n) is 14.0. The molecule has 0 heterocycles. The molecule has 0 spiro atoms. The normalized spacial score (nSPS) is 12.8. The largest absolute Gasteiger partial charge is 0.416 e.